The van der Waals surface area contributed by atoms with Gasteiger partial charge in [0.05, 0.1) is 5.92 Å². The first-order valence-electron chi connectivity index (χ1n) is 7.42. The van der Waals surface area contributed by atoms with E-state index in [0.29, 0.717) is 19.0 Å². The molecular weight excluding hydrogens is 244 g/mol. The summed E-state index contributed by atoms with van der Waals surface area (Å²) in [6, 6.07) is 0.0570. The van der Waals surface area contributed by atoms with Crippen molar-refractivity contribution >= 4 is 12.0 Å². The van der Waals surface area contributed by atoms with Crippen LogP contribution in [0.5, 0.6) is 0 Å². The van der Waals surface area contributed by atoms with Gasteiger partial charge in [0.25, 0.3) is 0 Å². The summed E-state index contributed by atoms with van der Waals surface area (Å²) in [5.41, 5.74) is 0. The highest BCUT2D eigenvalue weighted by atomic mass is 16.4. The van der Waals surface area contributed by atoms with Crippen LogP contribution in [0.1, 0.15) is 32.1 Å². The number of carboxylic acids is 1. The zero-order valence-corrected chi connectivity index (χ0v) is 11.3. The summed E-state index contributed by atoms with van der Waals surface area (Å²) >= 11 is 0. The van der Waals surface area contributed by atoms with Gasteiger partial charge in [-0.05, 0) is 24.7 Å². The molecule has 2 amide bonds. The minimum absolute atomic E-state index is 0.0570. The topological polar surface area (TPSA) is 60.9 Å². The van der Waals surface area contributed by atoms with E-state index in [4.69, 9.17) is 5.11 Å². The lowest BCUT2D eigenvalue weighted by Gasteiger charge is -2.45. The molecule has 1 saturated carbocycles. The van der Waals surface area contributed by atoms with Crippen molar-refractivity contribution in [2.45, 2.75) is 32.1 Å². The number of fused-ring (bicyclic) bond motifs is 1. The molecule has 0 aromatic carbocycles. The molecule has 2 unspecified atom stereocenters. The van der Waals surface area contributed by atoms with Crippen LogP contribution in [-0.4, -0.2) is 53.1 Å². The van der Waals surface area contributed by atoms with Gasteiger partial charge < -0.3 is 14.9 Å². The van der Waals surface area contributed by atoms with E-state index in [1.165, 1.54) is 25.7 Å². The largest absolute Gasteiger partial charge is 0.481 e. The number of urea groups is 1. The Morgan fingerprint density at radius 1 is 0.895 bits per heavy atom. The summed E-state index contributed by atoms with van der Waals surface area (Å²) in [5, 5.41) is 8.85. The second-order valence-electron chi connectivity index (χ2n) is 6.26. The first-order chi connectivity index (χ1) is 9.15. The smallest absolute Gasteiger partial charge is 0.320 e. The molecule has 0 radical (unpaired) electrons. The number of carboxylic acid groups (broad SMARTS) is 1. The molecule has 5 heteroatoms. The second-order valence-corrected chi connectivity index (χ2v) is 6.26. The van der Waals surface area contributed by atoms with E-state index in [1.807, 2.05) is 4.90 Å². The van der Waals surface area contributed by atoms with Gasteiger partial charge in [0.2, 0.25) is 0 Å². The molecule has 5 nitrogen and oxygen atoms in total. The summed E-state index contributed by atoms with van der Waals surface area (Å²) in [7, 11) is 0. The number of likely N-dealkylation sites (tertiary alicyclic amines) is 2. The molecule has 0 aromatic rings. The maximum Gasteiger partial charge on any atom is 0.320 e. The number of carbonyl (C=O) groups is 2. The summed E-state index contributed by atoms with van der Waals surface area (Å²) in [4.78, 5) is 26.7. The molecule has 3 rings (SSSR count). The van der Waals surface area contributed by atoms with Crippen LogP contribution in [0.15, 0.2) is 0 Å². The molecule has 2 heterocycles. The van der Waals surface area contributed by atoms with E-state index >= 15 is 0 Å². The van der Waals surface area contributed by atoms with Crippen LogP contribution in [0.3, 0.4) is 0 Å². The fourth-order valence-corrected chi connectivity index (χ4v) is 3.77. The highest BCUT2D eigenvalue weighted by Gasteiger charge is 2.40. The number of rotatable bonds is 1. The zero-order chi connectivity index (χ0) is 13.4. The highest BCUT2D eigenvalue weighted by molar-refractivity contribution is 5.80. The SMILES string of the molecule is O=C(O)C1CN(C(=O)N2CCC3CCCCC3C2)C1. The number of hydrogen-bond acceptors (Lipinski definition) is 2. The van der Waals surface area contributed by atoms with Crippen LogP contribution in [0, 0.1) is 17.8 Å². The fraction of sp³-hybridized carbons (Fsp3) is 0.857. The van der Waals surface area contributed by atoms with E-state index in [1.54, 1.807) is 4.90 Å². The van der Waals surface area contributed by atoms with Gasteiger partial charge in [-0.25, -0.2) is 4.79 Å². The van der Waals surface area contributed by atoms with Crippen LogP contribution in [0.25, 0.3) is 0 Å². The molecular formula is C14H22N2O3. The monoisotopic (exact) mass is 266 g/mol. The third-order valence-electron chi connectivity index (χ3n) is 5.06. The lowest BCUT2D eigenvalue weighted by atomic mass is 9.75. The van der Waals surface area contributed by atoms with Gasteiger partial charge in [-0.2, -0.15) is 0 Å². The van der Waals surface area contributed by atoms with Crippen molar-refractivity contribution in [3.63, 3.8) is 0 Å². The predicted octanol–water partition coefficient (Wildman–Crippen LogP) is 1.63. The molecule has 2 aliphatic heterocycles. The van der Waals surface area contributed by atoms with Gasteiger partial charge in [0.1, 0.15) is 0 Å². The van der Waals surface area contributed by atoms with Crippen molar-refractivity contribution in [3.05, 3.63) is 0 Å². The van der Waals surface area contributed by atoms with Crippen LogP contribution >= 0.6 is 0 Å². The Bertz CT molecular complexity index is 379. The molecule has 19 heavy (non-hydrogen) atoms. The first kappa shape index (κ1) is 12.8. The molecule has 106 valence electrons. The van der Waals surface area contributed by atoms with E-state index in [9.17, 15) is 9.59 Å². The Morgan fingerprint density at radius 3 is 2.26 bits per heavy atom. The molecule has 0 spiro atoms. The Balaban J connectivity index is 1.53. The lowest BCUT2D eigenvalue weighted by molar-refractivity contribution is -0.146. The Morgan fingerprint density at radius 2 is 1.58 bits per heavy atom. The highest BCUT2D eigenvalue weighted by Crippen LogP contribution is 2.36. The van der Waals surface area contributed by atoms with Crippen molar-refractivity contribution in [1.29, 1.82) is 0 Å². The summed E-state index contributed by atoms with van der Waals surface area (Å²) in [6.45, 7) is 2.52. The first-order valence-corrected chi connectivity index (χ1v) is 7.42. The second kappa shape index (κ2) is 5.02. The van der Waals surface area contributed by atoms with Crippen molar-refractivity contribution in [2.75, 3.05) is 26.2 Å². The molecule has 2 atom stereocenters. The van der Waals surface area contributed by atoms with E-state index < -0.39 is 5.97 Å². The van der Waals surface area contributed by atoms with Gasteiger partial charge >= 0.3 is 12.0 Å². The van der Waals surface area contributed by atoms with Gasteiger partial charge in [-0.3, -0.25) is 4.79 Å². The van der Waals surface area contributed by atoms with Gasteiger partial charge in [-0.15, -0.1) is 0 Å². The van der Waals surface area contributed by atoms with Crippen LogP contribution < -0.4 is 0 Å². The quantitative estimate of drug-likeness (QED) is 0.784. The summed E-state index contributed by atoms with van der Waals surface area (Å²) in [6.07, 6.45) is 6.37. The van der Waals surface area contributed by atoms with Crippen LogP contribution in [0.2, 0.25) is 0 Å². The molecule has 3 aliphatic rings. The summed E-state index contributed by atoms with van der Waals surface area (Å²) in [5.74, 6) is 0.371. The van der Waals surface area contributed by atoms with Crippen LogP contribution in [0.4, 0.5) is 4.79 Å². The minimum atomic E-state index is -0.782. The van der Waals surface area contributed by atoms with Crippen molar-refractivity contribution in [3.8, 4) is 0 Å². The number of nitrogens with zero attached hydrogens (tertiary/aromatic N) is 2. The fourth-order valence-electron chi connectivity index (χ4n) is 3.77. The van der Waals surface area contributed by atoms with Crippen molar-refractivity contribution in [2.24, 2.45) is 17.8 Å². The number of piperidine rings is 1. The van der Waals surface area contributed by atoms with E-state index in [-0.39, 0.29) is 11.9 Å². The normalized spacial score (nSPS) is 31.6. The minimum Gasteiger partial charge on any atom is -0.481 e. The molecule has 3 fully saturated rings. The standard InChI is InChI=1S/C14H22N2O3/c17-13(18)12-8-16(9-12)14(19)15-6-5-10-3-1-2-4-11(10)7-15/h10-12H,1-9H2,(H,17,18). The Hall–Kier alpha value is -1.26. The average Bonchev–Trinajstić information content (AvgIpc) is 2.35. The van der Waals surface area contributed by atoms with Crippen molar-refractivity contribution in [1.82, 2.24) is 9.80 Å². The Kier molecular flexibility index (Phi) is 3.37. The van der Waals surface area contributed by atoms with E-state index in [0.717, 1.165) is 25.4 Å². The van der Waals surface area contributed by atoms with Crippen LogP contribution in [-0.2, 0) is 4.79 Å². The maximum absolute atomic E-state index is 12.3. The van der Waals surface area contributed by atoms with E-state index in [2.05, 4.69) is 0 Å². The molecule has 0 bridgehead atoms. The van der Waals surface area contributed by atoms with Gasteiger partial charge in [0.15, 0.2) is 0 Å². The molecule has 1 N–H and O–H groups in total. The number of carbonyl (C=O) groups excluding carboxylic acids is 1. The molecule has 2 saturated heterocycles. The number of hydrogen-bond donors (Lipinski definition) is 1. The average molecular weight is 266 g/mol. The maximum atomic E-state index is 12.3. The Labute approximate surface area is 113 Å². The molecule has 0 aromatic heterocycles. The third kappa shape index (κ3) is 2.42. The van der Waals surface area contributed by atoms with Gasteiger partial charge in [-0.1, -0.05) is 19.3 Å². The van der Waals surface area contributed by atoms with Gasteiger partial charge in [0, 0.05) is 26.2 Å². The summed E-state index contributed by atoms with van der Waals surface area (Å²) < 4.78 is 0. The molecule has 1 aliphatic carbocycles. The lowest BCUT2D eigenvalue weighted by Crippen LogP contribution is -2.59. The van der Waals surface area contributed by atoms with Crippen molar-refractivity contribution < 1.29 is 14.7 Å². The number of amides is 2. The third-order valence-corrected chi connectivity index (χ3v) is 5.06. The predicted molar refractivity (Wildman–Crippen MR) is 69.7 cm³/mol. The number of aliphatic carboxylic acids is 1. The zero-order valence-electron chi connectivity index (χ0n) is 11.3.